The maximum atomic E-state index is 12.3. The van der Waals surface area contributed by atoms with E-state index in [9.17, 15) is 9.59 Å². The van der Waals surface area contributed by atoms with Crippen molar-refractivity contribution in [2.24, 2.45) is 5.92 Å². The van der Waals surface area contributed by atoms with E-state index in [1.165, 1.54) is 0 Å². The molecule has 1 aliphatic heterocycles. The average Bonchev–Trinajstić information content (AvgIpc) is 3.12. The van der Waals surface area contributed by atoms with Gasteiger partial charge in [-0.2, -0.15) is 0 Å². The summed E-state index contributed by atoms with van der Waals surface area (Å²) in [7, 11) is 0. The summed E-state index contributed by atoms with van der Waals surface area (Å²) in [4.78, 5) is 26.3. The van der Waals surface area contributed by atoms with Crippen LogP contribution in [0.15, 0.2) is 0 Å². The van der Waals surface area contributed by atoms with Crippen LogP contribution in [0.2, 0.25) is 0 Å². The zero-order chi connectivity index (χ0) is 14.0. The molecule has 4 heteroatoms. The molecule has 2 fully saturated rings. The quantitative estimate of drug-likeness (QED) is 0.772. The van der Waals surface area contributed by atoms with Gasteiger partial charge in [0.25, 0.3) is 0 Å². The van der Waals surface area contributed by atoms with E-state index in [2.05, 4.69) is 0 Å². The Bertz CT molecular complexity index is 355. The third kappa shape index (κ3) is 3.95. The van der Waals surface area contributed by atoms with Gasteiger partial charge < -0.3 is 4.74 Å². The van der Waals surface area contributed by atoms with E-state index in [1.807, 2.05) is 20.8 Å². The predicted octanol–water partition coefficient (Wildman–Crippen LogP) is 3.15. The van der Waals surface area contributed by atoms with Crippen LogP contribution in [0, 0.1) is 5.92 Å². The number of hydrogen-bond acceptors (Lipinski definition) is 3. The highest BCUT2D eigenvalue weighted by Gasteiger charge is 2.40. The van der Waals surface area contributed by atoms with E-state index in [0.717, 1.165) is 38.5 Å². The molecule has 19 heavy (non-hydrogen) atoms. The van der Waals surface area contributed by atoms with Gasteiger partial charge in [-0.15, -0.1) is 0 Å². The second kappa shape index (κ2) is 5.51. The molecule has 1 amide bonds. The Morgan fingerprint density at radius 2 is 1.74 bits per heavy atom. The fourth-order valence-corrected chi connectivity index (χ4v) is 2.58. The van der Waals surface area contributed by atoms with Crippen molar-refractivity contribution in [2.45, 2.75) is 70.9 Å². The van der Waals surface area contributed by atoms with E-state index in [1.54, 1.807) is 4.90 Å². The molecular weight excluding hydrogens is 242 g/mol. The molecule has 1 heterocycles. The number of likely N-dealkylation sites (tertiary alicyclic amines) is 1. The first-order chi connectivity index (χ1) is 8.88. The lowest BCUT2D eigenvalue weighted by molar-refractivity contribution is -0.125. The highest BCUT2D eigenvalue weighted by molar-refractivity contribution is 5.90. The molecule has 0 bridgehead atoms. The van der Waals surface area contributed by atoms with Crippen molar-refractivity contribution in [2.75, 3.05) is 6.54 Å². The van der Waals surface area contributed by atoms with Crippen molar-refractivity contribution in [1.29, 1.82) is 0 Å². The fourth-order valence-electron chi connectivity index (χ4n) is 2.58. The normalized spacial score (nSPS) is 24.8. The predicted molar refractivity (Wildman–Crippen MR) is 72.9 cm³/mol. The lowest BCUT2D eigenvalue weighted by Crippen LogP contribution is -2.47. The maximum absolute atomic E-state index is 12.3. The number of nitrogens with zero attached hydrogens (tertiary/aromatic N) is 1. The number of hydrogen-bond donors (Lipinski definition) is 0. The summed E-state index contributed by atoms with van der Waals surface area (Å²) in [5, 5.41) is 0. The van der Waals surface area contributed by atoms with Gasteiger partial charge in [-0.3, -0.25) is 9.69 Å². The van der Waals surface area contributed by atoms with Crippen molar-refractivity contribution in [1.82, 2.24) is 4.90 Å². The van der Waals surface area contributed by atoms with Gasteiger partial charge in [0.15, 0.2) is 5.78 Å². The van der Waals surface area contributed by atoms with E-state index < -0.39 is 5.60 Å². The molecule has 1 saturated carbocycles. The molecule has 0 aromatic carbocycles. The number of rotatable bonds is 2. The lowest BCUT2D eigenvalue weighted by atomic mass is 10.0. The Morgan fingerprint density at radius 3 is 2.32 bits per heavy atom. The first kappa shape index (κ1) is 14.4. The van der Waals surface area contributed by atoms with Gasteiger partial charge in [-0.05, 0) is 46.5 Å². The second-order valence-electron chi connectivity index (χ2n) is 6.72. The summed E-state index contributed by atoms with van der Waals surface area (Å²) in [6.45, 7) is 6.24. The lowest BCUT2D eigenvalue weighted by Gasteiger charge is -2.31. The van der Waals surface area contributed by atoms with E-state index in [0.29, 0.717) is 6.54 Å². The zero-order valence-electron chi connectivity index (χ0n) is 12.3. The summed E-state index contributed by atoms with van der Waals surface area (Å²) >= 11 is 0. The van der Waals surface area contributed by atoms with E-state index >= 15 is 0 Å². The summed E-state index contributed by atoms with van der Waals surface area (Å²) in [6.07, 6.45) is 5.56. The molecule has 2 aliphatic rings. The Hall–Kier alpha value is -1.06. The van der Waals surface area contributed by atoms with Gasteiger partial charge in [0.2, 0.25) is 0 Å². The highest BCUT2D eigenvalue weighted by atomic mass is 16.6. The van der Waals surface area contributed by atoms with Crippen LogP contribution in [0.4, 0.5) is 4.79 Å². The molecule has 108 valence electrons. The van der Waals surface area contributed by atoms with Crippen LogP contribution < -0.4 is 0 Å². The Balaban J connectivity index is 2.07. The summed E-state index contributed by atoms with van der Waals surface area (Å²) < 4.78 is 5.45. The highest BCUT2D eigenvalue weighted by Crippen LogP contribution is 2.34. The Morgan fingerprint density at radius 1 is 1.05 bits per heavy atom. The molecule has 0 spiro atoms. The van der Waals surface area contributed by atoms with Gasteiger partial charge >= 0.3 is 6.09 Å². The van der Waals surface area contributed by atoms with E-state index in [4.69, 9.17) is 4.74 Å². The fraction of sp³-hybridized carbons (Fsp3) is 0.867. The molecule has 0 radical (unpaired) electrons. The molecule has 1 saturated heterocycles. The summed E-state index contributed by atoms with van der Waals surface area (Å²) in [5.41, 5.74) is -0.503. The SMILES string of the molecule is CC(C)(C)OC(=O)N1CCCCCC1C(=O)C1CC1. The number of Topliss-reactive ketones (excluding diaryl/α,β-unsaturated/α-hetero) is 1. The third-order valence-electron chi connectivity index (χ3n) is 3.69. The Labute approximate surface area is 115 Å². The molecule has 0 aromatic rings. The molecule has 0 N–H and O–H groups in total. The van der Waals surface area contributed by atoms with Crippen molar-refractivity contribution < 1.29 is 14.3 Å². The number of carbonyl (C=O) groups is 2. The van der Waals surface area contributed by atoms with E-state index in [-0.39, 0.29) is 23.8 Å². The first-order valence-corrected chi connectivity index (χ1v) is 7.42. The number of carbonyl (C=O) groups excluding carboxylic acids is 2. The molecule has 0 aromatic heterocycles. The van der Waals surface area contributed by atoms with Crippen LogP contribution in [0.1, 0.15) is 59.3 Å². The van der Waals surface area contributed by atoms with Crippen molar-refractivity contribution >= 4 is 11.9 Å². The average molecular weight is 267 g/mol. The minimum Gasteiger partial charge on any atom is -0.444 e. The first-order valence-electron chi connectivity index (χ1n) is 7.42. The minimum absolute atomic E-state index is 0.202. The van der Waals surface area contributed by atoms with Gasteiger partial charge in [-0.1, -0.05) is 12.8 Å². The van der Waals surface area contributed by atoms with Crippen LogP contribution in [-0.4, -0.2) is 35.0 Å². The maximum Gasteiger partial charge on any atom is 0.410 e. The molecule has 1 aliphatic carbocycles. The van der Waals surface area contributed by atoms with Crippen LogP contribution in [0.3, 0.4) is 0 Å². The van der Waals surface area contributed by atoms with Crippen molar-refractivity contribution in [3.05, 3.63) is 0 Å². The second-order valence-corrected chi connectivity index (χ2v) is 6.72. The van der Waals surface area contributed by atoms with Crippen molar-refractivity contribution in [3.8, 4) is 0 Å². The van der Waals surface area contributed by atoms with Crippen molar-refractivity contribution in [3.63, 3.8) is 0 Å². The molecule has 1 atom stereocenters. The summed E-state index contributed by atoms with van der Waals surface area (Å²) in [6, 6.07) is -0.246. The van der Waals surface area contributed by atoms with Crippen LogP contribution in [-0.2, 0) is 9.53 Å². The van der Waals surface area contributed by atoms with Gasteiger partial charge in [-0.25, -0.2) is 4.79 Å². The van der Waals surface area contributed by atoms with Gasteiger partial charge in [0, 0.05) is 12.5 Å². The smallest absolute Gasteiger partial charge is 0.410 e. The molecule has 2 rings (SSSR count). The van der Waals surface area contributed by atoms with Crippen LogP contribution in [0.25, 0.3) is 0 Å². The van der Waals surface area contributed by atoms with Gasteiger partial charge in [0.05, 0.1) is 6.04 Å². The zero-order valence-corrected chi connectivity index (χ0v) is 12.3. The molecular formula is C15H25NO3. The molecule has 1 unspecified atom stereocenters. The Kier molecular flexibility index (Phi) is 4.16. The topological polar surface area (TPSA) is 46.6 Å². The van der Waals surface area contributed by atoms with Gasteiger partial charge in [0.1, 0.15) is 5.60 Å². The minimum atomic E-state index is -0.503. The number of amides is 1. The largest absolute Gasteiger partial charge is 0.444 e. The third-order valence-corrected chi connectivity index (χ3v) is 3.69. The standard InChI is InChI=1S/C15H25NO3/c1-15(2,3)19-14(18)16-10-6-4-5-7-12(16)13(17)11-8-9-11/h11-12H,4-10H2,1-3H3. The molecule has 4 nitrogen and oxygen atoms in total. The summed E-state index contributed by atoms with van der Waals surface area (Å²) in [5.74, 6) is 0.459. The van der Waals surface area contributed by atoms with Crippen LogP contribution in [0.5, 0.6) is 0 Å². The number of ketones is 1. The monoisotopic (exact) mass is 267 g/mol. The van der Waals surface area contributed by atoms with Crippen LogP contribution >= 0.6 is 0 Å². The number of ether oxygens (including phenoxy) is 1.